The Morgan fingerprint density at radius 3 is 2.26 bits per heavy atom. The number of carbonyl (C=O) groups is 1. The normalized spacial score (nSPS) is 19.1. The molecule has 6 nitrogen and oxygen atoms in total. The summed E-state index contributed by atoms with van der Waals surface area (Å²) in [6.45, 7) is 0. The molecule has 2 aliphatic rings. The van der Waals surface area contributed by atoms with Crippen LogP contribution in [0.25, 0.3) is 6.08 Å². The zero-order valence-electron chi connectivity index (χ0n) is 24.0. The first-order valence-corrected chi connectivity index (χ1v) is 15.8. The van der Waals surface area contributed by atoms with Gasteiger partial charge in [-0.15, -0.1) is 0 Å². The summed E-state index contributed by atoms with van der Waals surface area (Å²) in [7, 11) is -4.39. The van der Waals surface area contributed by atoms with Crippen LogP contribution in [0.1, 0.15) is 52.4 Å². The topological polar surface area (TPSA) is 78.8 Å². The highest BCUT2D eigenvalue weighted by Crippen LogP contribution is 2.45. The number of nitrogens with zero attached hydrogens (tertiary/aromatic N) is 2. The predicted molar refractivity (Wildman–Crippen MR) is 163 cm³/mol. The van der Waals surface area contributed by atoms with Gasteiger partial charge in [-0.2, -0.15) is 18.3 Å². The van der Waals surface area contributed by atoms with Gasteiger partial charge in [0.2, 0.25) is 0 Å². The van der Waals surface area contributed by atoms with E-state index in [0.717, 1.165) is 35.8 Å². The number of fused-ring (bicyclic) bond motifs is 1. The lowest BCUT2D eigenvalue weighted by Gasteiger charge is -2.29. The van der Waals surface area contributed by atoms with Crippen LogP contribution in [0.3, 0.4) is 0 Å². The van der Waals surface area contributed by atoms with Crippen molar-refractivity contribution in [3.8, 4) is 0 Å². The summed E-state index contributed by atoms with van der Waals surface area (Å²) in [6.07, 6.45) is -0.643. The lowest BCUT2D eigenvalue weighted by Crippen LogP contribution is -2.32. The number of rotatable bonds is 6. The minimum atomic E-state index is -4.67. The van der Waals surface area contributed by atoms with Crippen LogP contribution in [0.4, 0.5) is 27.6 Å². The third-order valence-corrected chi connectivity index (χ3v) is 9.34. The average molecular weight is 652 g/mol. The maximum Gasteiger partial charge on any atom is 0.416 e. The van der Waals surface area contributed by atoms with Gasteiger partial charge in [0.05, 0.1) is 22.2 Å². The Bertz CT molecular complexity index is 1960. The third kappa shape index (κ3) is 6.43. The van der Waals surface area contributed by atoms with E-state index < -0.39 is 39.5 Å². The second-order valence-corrected chi connectivity index (χ2v) is 12.7. The number of hydrogen-bond acceptors (Lipinski definition) is 4. The molecule has 1 heterocycles. The number of alkyl halides is 3. The molecule has 0 aromatic heterocycles. The number of hydrogen-bond donors (Lipinski definition) is 1. The van der Waals surface area contributed by atoms with E-state index in [0.29, 0.717) is 30.2 Å². The van der Waals surface area contributed by atoms with Gasteiger partial charge in [0.25, 0.3) is 15.9 Å². The van der Waals surface area contributed by atoms with Crippen molar-refractivity contribution in [2.45, 2.75) is 36.4 Å². The molecule has 1 aliphatic carbocycles. The molecule has 46 heavy (non-hydrogen) atoms. The first kappa shape index (κ1) is 31.2. The van der Waals surface area contributed by atoms with E-state index in [1.165, 1.54) is 53.5 Å². The predicted octanol–water partition coefficient (Wildman–Crippen LogP) is 8.22. The molecule has 1 aliphatic heterocycles. The van der Waals surface area contributed by atoms with E-state index >= 15 is 0 Å². The van der Waals surface area contributed by atoms with Crippen molar-refractivity contribution >= 4 is 33.4 Å². The van der Waals surface area contributed by atoms with E-state index in [9.17, 15) is 35.2 Å². The van der Waals surface area contributed by atoms with Gasteiger partial charge in [0.15, 0.2) is 0 Å². The van der Waals surface area contributed by atoms with Gasteiger partial charge in [-0.25, -0.2) is 22.2 Å². The summed E-state index contributed by atoms with van der Waals surface area (Å²) in [6, 6.07) is 20.0. The van der Waals surface area contributed by atoms with Gasteiger partial charge in [0, 0.05) is 17.2 Å². The maximum absolute atomic E-state index is 14.1. The van der Waals surface area contributed by atoms with E-state index in [4.69, 9.17) is 5.10 Å². The van der Waals surface area contributed by atoms with Gasteiger partial charge in [-0.1, -0.05) is 36.4 Å². The van der Waals surface area contributed by atoms with Crippen LogP contribution in [-0.2, 0) is 16.2 Å². The first-order valence-electron chi connectivity index (χ1n) is 14.3. The van der Waals surface area contributed by atoms with Crippen LogP contribution in [-0.4, -0.2) is 25.0 Å². The molecular weight excluding hydrogens is 625 g/mol. The number of sulfonamides is 1. The van der Waals surface area contributed by atoms with Crippen LogP contribution in [0.2, 0.25) is 0 Å². The molecule has 236 valence electrons. The van der Waals surface area contributed by atoms with Crippen molar-refractivity contribution in [2.24, 2.45) is 11.0 Å². The molecule has 4 aromatic carbocycles. The number of halogens is 5. The van der Waals surface area contributed by atoms with Gasteiger partial charge < -0.3 is 0 Å². The smallest absolute Gasteiger partial charge is 0.280 e. The van der Waals surface area contributed by atoms with E-state index in [1.54, 1.807) is 24.3 Å². The van der Waals surface area contributed by atoms with Gasteiger partial charge in [-0.05, 0) is 103 Å². The molecule has 6 rings (SSSR count). The first-order chi connectivity index (χ1) is 21.9. The fourth-order valence-corrected chi connectivity index (χ4v) is 6.92. The number of anilines is 1. The monoisotopic (exact) mass is 651 g/mol. The Kier molecular flexibility index (Phi) is 8.24. The second-order valence-electron chi connectivity index (χ2n) is 11.1. The molecule has 0 saturated heterocycles. The lowest BCUT2D eigenvalue weighted by atomic mass is 9.77. The molecule has 4 aromatic rings. The number of hydrazone groups is 1. The number of nitrogens with one attached hydrogen (secondary N) is 1. The van der Waals surface area contributed by atoms with E-state index in [-0.39, 0.29) is 27.9 Å². The number of amides is 1. The highest BCUT2D eigenvalue weighted by atomic mass is 32.2. The zero-order chi connectivity index (χ0) is 32.6. The fraction of sp³-hybridized carbons (Fsp3) is 0.176. The number of benzene rings is 4. The lowest BCUT2D eigenvalue weighted by molar-refractivity contribution is -0.137. The quantitative estimate of drug-likeness (QED) is 0.214. The summed E-state index contributed by atoms with van der Waals surface area (Å²) < 4.78 is 95.5. The van der Waals surface area contributed by atoms with Gasteiger partial charge in [0.1, 0.15) is 11.6 Å². The fourth-order valence-electron chi connectivity index (χ4n) is 5.82. The Morgan fingerprint density at radius 1 is 0.891 bits per heavy atom. The molecule has 0 radical (unpaired) electrons. The highest BCUT2D eigenvalue weighted by Gasteiger charge is 2.44. The zero-order valence-corrected chi connectivity index (χ0v) is 24.8. The molecule has 1 amide bonds. The van der Waals surface area contributed by atoms with Crippen LogP contribution >= 0.6 is 0 Å². The molecule has 0 spiro atoms. The molecule has 1 N–H and O–H groups in total. The van der Waals surface area contributed by atoms with Crippen molar-refractivity contribution < 1.29 is 35.2 Å². The summed E-state index contributed by atoms with van der Waals surface area (Å²) >= 11 is 0. The van der Waals surface area contributed by atoms with Crippen molar-refractivity contribution in [1.82, 2.24) is 5.01 Å². The molecule has 1 saturated carbocycles. The molecule has 2 atom stereocenters. The third-order valence-electron chi connectivity index (χ3n) is 7.97. The molecule has 0 bridgehead atoms. The van der Waals surface area contributed by atoms with Gasteiger partial charge >= 0.3 is 6.18 Å². The molecule has 2 unspecified atom stereocenters. The number of allylic oxidation sites excluding steroid dienone is 1. The standard InChI is InChI=1S/C34H26F5N3O3S/c35-26-14-10-21(11-15-26)18-23-4-2-9-30-31(23)40-42(32(30)22-12-16-27(36)17-13-22)33(43)24-5-1-8-29(19-24)46(44,45)41-28-7-3-6-25(20-28)34(37,38)39/h1,3,5-8,10-20,30,32,41H,2,4,9H2. The Labute approximate surface area is 261 Å². The van der Waals surface area contributed by atoms with Crippen LogP contribution in [0.15, 0.2) is 113 Å². The maximum atomic E-state index is 14.1. The van der Waals surface area contributed by atoms with Crippen molar-refractivity contribution in [3.63, 3.8) is 0 Å². The van der Waals surface area contributed by atoms with E-state index in [2.05, 4.69) is 4.72 Å². The second kappa shape index (κ2) is 12.2. The Morgan fingerprint density at radius 2 is 1.57 bits per heavy atom. The summed E-state index contributed by atoms with van der Waals surface area (Å²) in [5.74, 6) is -1.69. The average Bonchev–Trinajstić information content (AvgIpc) is 3.42. The minimum Gasteiger partial charge on any atom is -0.280 e. The molecular formula is C34H26F5N3O3S. The largest absolute Gasteiger partial charge is 0.416 e. The van der Waals surface area contributed by atoms with Crippen molar-refractivity contribution in [3.05, 3.63) is 137 Å². The SMILES string of the molecule is O=C(c1cccc(S(=O)(=O)Nc2cccc(C(F)(F)F)c2)c1)N1N=C2C(=Cc3ccc(F)cc3)CCCC2C1c1ccc(F)cc1. The Hall–Kier alpha value is -4.84. The highest BCUT2D eigenvalue weighted by molar-refractivity contribution is 7.92. The van der Waals surface area contributed by atoms with Crippen LogP contribution in [0, 0.1) is 17.6 Å². The van der Waals surface area contributed by atoms with E-state index in [1.807, 2.05) is 6.08 Å². The summed E-state index contributed by atoms with van der Waals surface area (Å²) in [5.41, 5.74) is 1.58. The van der Waals surface area contributed by atoms with Crippen molar-refractivity contribution in [2.75, 3.05) is 4.72 Å². The summed E-state index contributed by atoms with van der Waals surface area (Å²) in [4.78, 5) is 13.7. The minimum absolute atomic E-state index is 0.0221. The van der Waals surface area contributed by atoms with Crippen LogP contribution < -0.4 is 4.72 Å². The number of carbonyl (C=O) groups excluding carboxylic acids is 1. The van der Waals surface area contributed by atoms with Crippen LogP contribution in [0.5, 0.6) is 0 Å². The van der Waals surface area contributed by atoms with Gasteiger partial charge in [-0.3, -0.25) is 9.52 Å². The molecule has 1 fully saturated rings. The molecule has 12 heteroatoms. The Balaban J connectivity index is 1.35. The van der Waals surface area contributed by atoms with Crippen molar-refractivity contribution in [1.29, 1.82) is 0 Å². The summed E-state index contributed by atoms with van der Waals surface area (Å²) in [5, 5.41) is 6.03.